The van der Waals surface area contributed by atoms with E-state index >= 15 is 0 Å². The summed E-state index contributed by atoms with van der Waals surface area (Å²) < 4.78 is 14.5. The van der Waals surface area contributed by atoms with Gasteiger partial charge in [0.2, 0.25) is 0 Å². The molecule has 0 rings (SSSR count). The highest BCUT2D eigenvalue weighted by atomic mass is 31.1. The van der Waals surface area contributed by atoms with Crippen LogP contribution in [0.3, 0.4) is 0 Å². The van der Waals surface area contributed by atoms with E-state index in [-0.39, 0.29) is 13.2 Å². The molecule has 0 bridgehead atoms. The van der Waals surface area contributed by atoms with Crippen molar-refractivity contribution in [2.75, 3.05) is 46.0 Å². The van der Waals surface area contributed by atoms with Gasteiger partial charge in [-0.2, -0.15) is 0 Å². The number of hydrogen-bond acceptors (Lipinski definition) is 4. The molecule has 0 heterocycles. The van der Waals surface area contributed by atoms with E-state index in [1.165, 1.54) is 0 Å². The average Bonchev–Trinajstić information content (AvgIpc) is 2.29. The Morgan fingerprint density at radius 2 is 1.47 bits per heavy atom. The van der Waals surface area contributed by atoms with E-state index in [4.69, 9.17) is 15.1 Å². The lowest BCUT2D eigenvalue weighted by Crippen LogP contribution is -2.51. The molecule has 0 aromatic carbocycles. The Morgan fingerprint density at radius 3 is 1.59 bits per heavy atom. The molecule has 17 heavy (non-hydrogen) atoms. The third-order valence-electron chi connectivity index (χ3n) is 2.76. The van der Waals surface area contributed by atoms with Gasteiger partial charge in [-0.1, -0.05) is 0 Å². The van der Waals surface area contributed by atoms with Crippen LogP contribution in [-0.4, -0.2) is 65.6 Å². The fourth-order valence-electron chi connectivity index (χ4n) is 1.52. The molecule has 1 atom stereocenters. The predicted octanol–water partition coefficient (Wildman–Crippen LogP) is 0.232. The second-order valence-electron chi connectivity index (χ2n) is 3.57. The quantitative estimate of drug-likeness (QED) is 0.435. The summed E-state index contributed by atoms with van der Waals surface area (Å²) in [6.45, 7) is 10.1. The normalized spacial score (nSPS) is 12.8. The summed E-state index contributed by atoms with van der Waals surface area (Å²) in [5, 5.41) is 17.6. The van der Waals surface area contributed by atoms with Crippen LogP contribution in [0.2, 0.25) is 0 Å². The number of quaternary nitrogens is 1. The van der Waals surface area contributed by atoms with Gasteiger partial charge in [-0.3, -0.25) is 4.57 Å². The van der Waals surface area contributed by atoms with E-state index in [0.29, 0.717) is 6.61 Å². The maximum absolute atomic E-state index is 9.56. The zero-order valence-electron chi connectivity index (χ0n) is 11.1. The van der Waals surface area contributed by atoms with E-state index in [1.807, 2.05) is 0 Å². The zero-order chi connectivity index (χ0) is 13.7. The van der Waals surface area contributed by atoms with Crippen molar-refractivity contribution in [1.82, 2.24) is 0 Å². The zero-order valence-corrected chi connectivity index (χ0v) is 12.1. The minimum atomic E-state index is -2.64. The molecular weight excluding hydrogens is 245 g/mol. The Hall–Kier alpha value is 0.0300. The third-order valence-corrected chi connectivity index (χ3v) is 3.29. The van der Waals surface area contributed by atoms with Crippen LogP contribution in [0.1, 0.15) is 20.8 Å². The van der Waals surface area contributed by atoms with Crippen LogP contribution < -0.4 is 0 Å². The number of aliphatic hydroxyl groups excluding tert-OH is 2. The van der Waals surface area contributed by atoms with E-state index in [9.17, 15) is 4.57 Å². The fraction of sp³-hybridized carbons (Fsp3) is 1.00. The third kappa shape index (κ3) is 10.9. The molecular formula is C10H27NO5P+. The molecule has 0 aromatic heterocycles. The van der Waals surface area contributed by atoms with Crippen LogP contribution in [0.15, 0.2) is 0 Å². The minimum absolute atomic E-state index is 0.210. The van der Waals surface area contributed by atoms with Gasteiger partial charge in [0.1, 0.15) is 13.1 Å². The van der Waals surface area contributed by atoms with E-state index in [2.05, 4.69) is 18.4 Å². The van der Waals surface area contributed by atoms with Crippen LogP contribution in [0.25, 0.3) is 0 Å². The van der Waals surface area contributed by atoms with E-state index in [0.717, 1.165) is 30.7 Å². The highest BCUT2D eigenvalue weighted by Gasteiger charge is 2.20. The van der Waals surface area contributed by atoms with Crippen molar-refractivity contribution in [1.29, 1.82) is 0 Å². The summed E-state index contributed by atoms with van der Waals surface area (Å²) >= 11 is 0. The number of rotatable bonds is 8. The SMILES string of the molecule is CCO[PH](=O)O.CC[N+](CC)(CCO)CCO. The molecule has 0 aromatic rings. The van der Waals surface area contributed by atoms with Crippen molar-refractivity contribution in [2.24, 2.45) is 0 Å². The Bertz CT molecular complexity index is 180. The second kappa shape index (κ2) is 12.5. The van der Waals surface area contributed by atoms with Gasteiger partial charge in [0.15, 0.2) is 0 Å². The van der Waals surface area contributed by atoms with Crippen LogP contribution in [0.5, 0.6) is 0 Å². The first-order chi connectivity index (χ1) is 8.01. The first-order valence-corrected chi connectivity index (χ1v) is 7.20. The van der Waals surface area contributed by atoms with Crippen molar-refractivity contribution in [3.63, 3.8) is 0 Å². The van der Waals surface area contributed by atoms with Crippen molar-refractivity contribution in [3.05, 3.63) is 0 Å². The summed E-state index contributed by atoms with van der Waals surface area (Å²) in [5.41, 5.74) is 0. The topological polar surface area (TPSA) is 87.0 Å². The number of hydrogen-bond donors (Lipinski definition) is 3. The van der Waals surface area contributed by atoms with Crippen molar-refractivity contribution in [3.8, 4) is 0 Å². The maximum atomic E-state index is 9.56. The lowest BCUT2D eigenvalue weighted by molar-refractivity contribution is -0.925. The molecule has 3 N–H and O–H groups in total. The second-order valence-corrected chi connectivity index (χ2v) is 4.39. The van der Waals surface area contributed by atoms with Crippen LogP contribution in [0, 0.1) is 0 Å². The summed E-state index contributed by atoms with van der Waals surface area (Å²) in [4.78, 5) is 7.88. The fourth-order valence-corrected chi connectivity index (χ4v) is 1.76. The highest BCUT2D eigenvalue weighted by molar-refractivity contribution is 7.32. The predicted molar refractivity (Wildman–Crippen MR) is 68.1 cm³/mol. The molecule has 0 saturated heterocycles. The molecule has 0 amide bonds. The molecule has 106 valence electrons. The highest BCUT2D eigenvalue weighted by Crippen LogP contribution is 2.12. The molecule has 1 unspecified atom stereocenters. The number of aliphatic hydroxyl groups is 2. The van der Waals surface area contributed by atoms with Gasteiger partial charge in [-0.05, 0) is 20.8 Å². The molecule has 0 fully saturated rings. The monoisotopic (exact) mass is 272 g/mol. The van der Waals surface area contributed by atoms with Crippen molar-refractivity contribution in [2.45, 2.75) is 20.8 Å². The molecule has 0 spiro atoms. The van der Waals surface area contributed by atoms with Crippen LogP contribution in [0.4, 0.5) is 0 Å². The van der Waals surface area contributed by atoms with Gasteiger partial charge in [-0.25, -0.2) is 0 Å². The lowest BCUT2D eigenvalue weighted by Gasteiger charge is -2.35. The molecule has 6 nitrogen and oxygen atoms in total. The Labute approximate surface area is 104 Å². The van der Waals surface area contributed by atoms with Crippen molar-refractivity contribution < 1.29 is 28.7 Å². The van der Waals surface area contributed by atoms with Crippen LogP contribution >= 0.6 is 8.25 Å². The largest absolute Gasteiger partial charge is 0.391 e. The summed E-state index contributed by atoms with van der Waals surface area (Å²) in [5.74, 6) is 0. The van der Waals surface area contributed by atoms with Crippen LogP contribution in [-0.2, 0) is 9.09 Å². The first-order valence-electron chi connectivity index (χ1n) is 5.94. The Morgan fingerprint density at radius 1 is 1.06 bits per heavy atom. The molecule has 0 aliphatic carbocycles. The molecule has 0 saturated carbocycles. The standard InChI is InChI=1S/C8H20NO2.C2H7O3P/c1-3-9(4-2,5-7-10)6-8-11;1-2-5-6(3)4/h10-11H,3-8H2,1-2H3;6H,2H2,1H3,(H,3,4)/q+1;. The molecule has 0 aliphatic heterocycles. The number of nitrogens with zero attached hydrogens (tertiary/aromatic N) is 1. The summed E-state index contributed by atoms with van der Waals surface area (Å²) in [6.07, 6.45) is 0. The van der Waals surface area contributed by atoms with Gasteiger partial charge in [0.25, 0.3) is 0 Å². The molecule has 0 radical (unpaired) electrons. The van der Waals surface area contributed by atoms with E-state index in [1.54, 1.807) is 6.92 Å². The van der Waals surface area contributed by atoms with Gasteiger partial charge in [0, 0.05) is 0 Å². The van der Waals surface area contributed by atoms with Gasteiger partial charge in [0.05, 0.1) is 32.9 Å². The summed E-state index contributed by atoms with van der Waals surface area (Å²) in [6, 6.07) is 0. The minimum Gasteiger partial charge on any atom is -0.391 e. The van der Waals surface area contributed by atoms with Gasteiger partial charge >= 0.3 is 8.25 Å². The summed E-state index contributed by atoms with van der Waals surface area (Å²) in [7, 11) is -2.64. The Kier molecular flexibility index (Phi) is 14.2. The maximum Gasteiger partial charge on any atom is 0.316 e. The van der Waals surface area contributed by atoms with Gasteiger partial charge in [-0.15, -0.1) is 0 Å². The molecule has 7 heteroatoms. The smallest absolute Gasteiger partial charge is 0.316 e. The first kappa shape index (κ1) is 19.4. The average molecular weight is 272 g/mol. The Balaban J connectivity index is 0. The van der Waals surface area contributed by atoms with Gasteiger partial charge < -0.3 is 24.1 Å². The molecule has 0 aliphatic rings. The van der Waals surface area contributed by atoms with E-state index < -0.39 is 8.25 Å². The number of likely N-dealkylation sites (N-methyl/N-ethyl adjacent to an activating group) is 1. The lowest BCUT2D eigenvalue weighted by atomic mass is 10.3. The van der Waals surface area contributed by atoms with Crippen molar-refractivity contribution >= 4 is 8.25 Å².